The molecular weight excluding hydrogens is 330 g/mol. The average Bonchev–Trinajstić information content (AvgIpc) is 2.87. The number of carbonyl (C=O) groups is 3. The zero-order valence-corrected chi connectivity index (χ0v) is 14.6. The Bertz CT molecular complexity index is 668. The van der Waals surface area contributed by atoms with Crippen molar-refractivity contribution in [1.29, 1.82) is 0 Å². The summed E-state index contributed by atoms with van der Waals surface area (Å²) in [4.78, 5) is 37.0. The number of carbonyl (C=O) groups excluding carboxylic acids is 3. The van der Waals surface area contributed by atoms with E-state index in [9.17, 15) is 14.4 Å². The molecule has 1 atom stereocenters. The highest BCUT2D eigenvalue weighted by Gasteiger charge is 2.37. The van der Waals surface area contributed by atoms with Gasteiger partial charge >= 0.3 is 5.97 Å². The molecule has 1 aliphatic rings. The number of nitrogens with zero attached hydrogens (tertiary/aromatic N) is 1. The summed E-state index contributed by atoms with van der Waals surface area (Å²) in [6.45, 7) is 3.63. The number of esters is 1. The van der Waals surface area contributed by atoms with Crippen molar-refractivity contribution in [1.82, 2.24) is 4.90 Å². The summed E-state index contributed by atoms with van der Waals surface area (Å²) < 4.78 is 9.75. The van der Waals surface area contributed by atoms with Gasteiger partial charge in [-0.3, -0.25) is 14.5 Å². The largest absolute Gasteiger partial charge is 0.482 e. The first kappa shape index (κ1) is 18.1. The molecule has 7 heteroatoms. The number of hydrogen-bond donors (Lipinski definition) is 0. The number of amides is 2. The van der Waals surface area contributed by atoms with E-state index < -0.39 is 5.97 Å². The molecule has 24 heavy (non-hydrogen) atoms. The Morgan fingerprint density at radius 2 is 1.96 bits per heavy atom. The number of thioether (sulfide) groups is 1. The quantitative estimate of drug-likeness (QED) is 0.580. The van der Waals surface area contributed by atoms with E-state index in [1.54, 1.807) is 30.3 Å². The summed E-state index contributed by atoms with van der Waals surface area (Å²) in [5.74, 6) is -0.201. The van der Waals surface area contributed by atoms with Crippen LogP contribution in [-0.2, 0) is 14.3 Å². The molecule has 2 amide bonds. The fourth-order valence-electron chi connectivity index (χ4n) is 2.06. The van der Waals surface area contributed by atoms with Crippen LogP contribution in [0.2, 0.25) is 0 Å². The highest BCUT2D eigenvalue weighted by Crippen LogP contribution is 2.34. The zero-order valence-electron chi connectivity index (χ0n) is 13.8. The average molecular weight is 349 g/mol. The number of ether oxygens (including phenoxy) is 2. The van der Waals surface area contributed by atoms with Crippen LogP contribution in [0.5, 0.6) is 5.75 Å². The van der Waals surface area contributed by atoms with Crippen molar-refractivity contribution < 1.29 is 23.9 Å². The van der Waals surface area contributed by atoms with Crippen molar-refractivity contribution >= 4 is 35.0 Å². The lowest BCUT2D eigenvalue weighted by molar-refractivity contribution is -0.142. The Hall–Kier alpha value is -2.28. The first-order chi connectivity index (χ1) is 11.5. The second-order valence-electron chi connectivity index (χ2n) is 5.24. The number of methoxy groups -OCH3 is 1. The molecule has 0 radical (unpaired) electrons. The minimum atomic E-state index is -0.460. The summed E-state index contributed by atoms with van der Waals surface area (Å²) in [5, 5.41) is -0.237. The maximum Gasteiger partial charge on any atom is 0.343 e. The molecule has 0 N–H and O–H groups in total. The van der Waals surface area contributed by atoms with Gasteiger partial charge < -0.3 is 9.47 Å². The summed E-state index contributed by atoms with van der Waals surface area (Å²) in [6.07, 6.45) is 2.40. The van der Waals surface area contributed by atoms with Crippen molar-refractivity contribution in [2.75, 3.05) is 13.7 Å². The SMILES string of the molecule is CC[C@H](C)N1C(=O)S/C(=C/c2ccc(OCC(=O)OC)cc2)C1=O. The van der Waals surface area contributed by atoms with Gasteiger partial charge in [-0.2, -0.15) is 0 Å². The maximum atomic E-state index is 12.3. The molecule has 0 spiro atoms. The van der Waals surface area contributed by atoms with E-state index in [0.29, 0.717) is 10.7 Å². The normalized spacial score (nSPS) is 17.3. The van der Waals surface area contributed by atoms with Gasteiger partial charge in [-0.15, -0.1) is 0 Å². The Kier molecular flexibility index (Phi) is 6.03. The third kappa shape index (κ3) is 4.17. The van der Waals surface area contributed by atoms with Gasteiger partial charge in [-0.25, -0.2) is 4.79 Å². The van der Waals surface area contributed by atoms with Crippen LogP contribution in [0.15, 0.2) is 29.2 Å². The molecular formula is C17H19NO5S. The van der Waals surface area contributed by atoms with Crippen LogP contribution in [0.25, 0.3) is 6.08 Å². The van der Waals surface area contributed by atoms with E-state index >= 15 is 0 Å². The molecule has 1 aliphatic heterocycles. The summed E-state index contributed by atoms with van der Waals surface area (Å²) >= 11 is 0.948. The van der Waals surface area contributed by atoms with Crippen LogP contribution < -0.4 is 4.74 Å². The van der Waals surface area contributed by atoms with E-state index in [-0.39, 0.29) is 23.8 Å². The summed E-state index contributed by atoms with van der Waals surface area (Å²) in [6, 6.07) is 6.77. The Balaban J connectivity index is 2.07. The number of hydrogen-bond acceptors (Lipinski definition) is 6. The van der Waals surface area contributed by atoms with Gasteiger partial charge in [-0.1, -0.05) is 19.1 Å². The predicted octanol–water partition coefficient (Wildman–Crippen LogP) is 3.07. The second kappa shape index (κ2) is 8.01. The van der Waals surface area contributed by atoms with E-state index in [1.165, 1.54) is 12.0 Å². The molecule has 1 saturated heterocycles. The van der Waals surface area contributed by atoms with Gasteiger partial charge in [0, 0.05) is 6.04 Å². The minimum absolute atomic E-state index is 0.113. The first-order valence-corrected chi connectivity index (χ1v) is 8.34. The van der Waals surface area contributed by atoms with Crippen molar-refractivity contribution in [2.45, 2.75) is 26.3 Å². The number of rotatable bonds is 6. The molecule has 1 aromatic carbocycles. The monoisotopic (exact) mass is 349 g/mol. The number of imide groups is 1. The fourth-order valence-corrected chi connectivity index (χ4v) is 2.99. The maximum absolute atomic E-state index is 12.3. The Labute approximate surface area is 144 Å². The van der Waals surface area contributed by atoms with Crippen molar-refractivity contribution in [3.8, 4) is 5.75 Å². The Morgan fingerprint density at radius 1 is 1.29 bits per heavy atom. The van der Waals surface area contributed by atoms with Crippen molar-refractivity contribution in [2.24, 2.45) is 0 Å². The molecule has 0 unspecified atom stereocenters. The topological polar surface area (TPSA) is 72.9 Å². The van der Waals surface area contributed by atoms with E-state index in [4.69, 9.17) is 4.74 Å². The fraction of sp³-hybridized carbons (Fsp3) is 0.353. The third-order valence-electron chi connectivity index (χ3n) is 3.62. The molecule has 6 nitrogen and oxygen atoms in total. The highest BCUT2D eigenvalue weighted by atomic mass is 32.2. The standard InChI is InChI=1S/C17H19NO5S/c1-4-11(2)18-16(20)14(24-17(18)21)9-12-5-7-13(8-6-12)23-10-15(19)22-3/h5-9,11H,4,10H2,1-3H3/b14-9+/t11-/m0/s1. The van der Waals surface area contributed by atoms with Gasteiger partial charge in [0.15, 0.2) is 6.61 Å². The lowest BCUT2D eigenvalue weighted by atomic mass is 10.2. The van der Waals surface area contributed by atoms with Crippen molar-refractivity contribution in [3.05, 3.63) is 34.7 Å². The van der Waals surface area contributed by atoms with Gasteiger partial charge in [-0.05, 0) is 48.9 Å². The highest BCUT2D eigenvalue weighted by molar-refractivity contribution is 8.18. The molecule has 0 aliphatic carbocycles. The van der Waals surface area contributed by atoms with Crippen LogP contribution >= 0.6 is 11.8 Å². The molecule has 128 valence electrons. The Morgan fingerprint density at radius 3 is 2.54 bits per heavy atom. The molecule has 0 bridgehead atoms. The molecule has 2 rings (SSSR count). The summed E-state index contributed by atoms with van der Waals surface area (Å²) in [7, 11) is 1.29. The van der Waals surface area contributed by atoms with Crippen molar-refractivity contribution in [3.63, 3.8) is 0 Å². The minimum Gasteiger partial charge on any atom is -0.482 e. The molecule has 1 heterocycles. The summed E-state index contributed by atoms with van der Waals surface area (Å²) in [5.41, 5.74) is 0.773. The first-order valence-electron chi connectivity index (χ1n) is 7.53. The lowest BCUT2D eigenvalue weighted by Gasteiger charge is -2.19. The molecule has 0 saturated carbocycles. The van der Waals surface area contributed by atoms with Gasteiger partial charge in [0.2, 0.25) is 0 Å². The predicted molar refractivity (Wildman–Crippen MR) is 91.5 cm³/mol. The van der Waals surface area contributed by atoms with Crippen LogP contribution in [0.3, 0.4) is 0 Å². The van der Waals surface area contributed by atoms with E-state index in [0.717, 1.165) is 23.7 Å². The molecule has 1 fully saturated rings. The number of benzene rings is 1. The van der Waals surface area contributed by atoms with E-state index in [2.05, 4.69) is 4.74 Å². The van der Waals surface area contributed by atoms with Crippen LogP contribution in [0.4, 0.5) is 4.79 Å². The molecule has 1 aromatic rings. The molecule has 0 aromatic heterocycles. The van der Waals surface area contributed by atoms with Crippen LogP contribution in [-0.4, -0.2) is 41.8 Å². The lowest BCUT2D eigenvalue weighted by Crippen LogP contribution is -2.36. The van der Waals surface area contributed by atoms with Crippen LogP contribution in [0.1, 0.15) is 25.8 Å². The van der Waals surface area contributed by atoms with Gasteiger partial charge in [0.1, 0.15) is 5.75 Å². The third-order valence-corrected chi connectivity index (χ3v) is 4.50. The smallest absolute Gasteiger partial charge is 0.343 e. The second-order valence-corrected chi connectivity index (χ2v) is 6.24. The van der Waals surface area contributed by atoms with E-state index in [1.807, 2.05) is 13.8 Å². The van der Waals surface area contributed by atoms with Gasteiger partial charge in [0.25, 0.3) is 11.1 Å². The van der Waals surface area contributed by atoms with Crippen LogP contribution in [0, 0.1) is 0 Å². The van der Waals surface area contributed by atoms with Gasteiger partial charge in [0.05, 0.1) is 12.0 Å². The zero-order chi connectivity index (χ0) is 17.7.